The summed E-state index contributed by atoms with van der Waals surface area (Å²) in [6.45, 7) is 5.85. The molecule has 0 spiro atoms. The molecule has 0 aromatic carbocycles. The molecule has 6 nitrogen and oxygen atoms in total. The molecular weight excluding hydrogens is 311 g/mol. The van der Waals surface area contributed by atoms with Gasteiger partial charge < -0.3 is 5.32 Å². The molecule has 0 aliphatic rings. The molecule has 1 amide bonds. The van der Waals surface area contributed by atoms with Gasteiger partial charge in [-0.15, -0.1) is 0 Å². The molecule has 2 aromatic heterocycles. The normalized spacial score (nSPS) is 13.1. The van der Waals surface area contributed by atoms with Gasteiger partial charge in [-0.05, 0) is 32.9 Å². The fourth-order valence-corrected chi connectivity index (χ4v) is 2.13. The van der Waals surface area contributed by atoms with Crippen LogP contribution < -0.4 is 5.32 Å². The molecule has 2 aromatic rings. The third-order valence-electron chi connectivity index (χ3n) is 3.42. The predicted molar refractivity (Wildman–Crippen MR) is 76.4 cm³/mol. The van der Waals surface area contributed by atoms with E-state index >= 15 is 0 Å². The van der Waals surface area contributed by atoms with Crippen LogP contribution in [0.2, 0.25) is 0 Å². The van der Waals surface area contributed by atoms with Crippen molar-refractivity contribution in [3.63, 3.8) is 0 Å². The number of amides is 1. The van der Waals surface area contributed by atoms with Gasteiger partial charge in [0.2, 0.25) is 5.91 Å². The van der Waals surface area contributed by atoms with Crippen molar-refractivity contribution in [3.8, 4) is 0 Å². The van der Waals surface area contributed by atoms with Gasteiger partial charge in [0.15, 0.2) is 5.69 Å². The van der Waals surface area contributed by atoms with Crippen molar-refractivity contribution < 1.29 is 18.0 Å². The molecule has 0 aliphatic heterocycles. The molecule has 1 N–H and O–H groups in total. The lowest BCUT2D eigenvalue weighted by Gasteiger charge is -2.14. The Balaban J connectivity index is 2.03. The molecule has 126 valence electrons. The van der Waals surface area contributed by atoms with E-state index in [4.69, 9.17) is 0 Å². The zero-order valence-corrected chi connectivity index (χ0v) is 13.1. The van der Waals surface area contributed by atoms with E-state index in [1.54, 1.807) is 16.9 Å². The maximum Gasteiger partial charge on any atom is 0.435 e. The molecule has 1 unspecified atom stereocenters. The lowest BCUT2D eigenvalue weighted by Crippen LogP contribution is -2.31. The van der Waals surface area contributed by atoms with Crippen molar-refractivity contribution in [1.29, 1.82) is 0 Å². The molecule has 0 saturated heterocycles. The van der Waals surface area contributed by atoms with Crippen molar-refractivity contribution in [1.82, 2.24) is 24.9 Å². The van der Waals surface area contributed by atoms with Gasteiger partial charge in [0, 0.05) is 18.4 Å². The average molecular weight is 329 g/mol. The number of rotatable bonds is 5. The van der Waals surface area contributed by atoms with Crippen LogP contribution in [0.1, 0.15) is 37.0 Å². The van der Waals surface area contributed by atoms with Crippen LogP contribution in [0.15, 0.2) is 18.3 Å². The Hall–Kier alpha value is -2.32. The highest BCUT2D eigenvalue weighted by Crippen LogP contribution is 2.29. The number of alkyl halides is 3. The van der Waals surface area contributed by atoms with Gasteiger partial charge in [-0.2, -0.15) is 23.4 Å². The number of halogens is 3. The zero-order valence-electron chi connectivity index (χ0n) is 13.1. The van der Waals surface area contributed by atoms with Gasteiger partial charge in [-0.1, -0.05) is 0 Å². The predicted octanol–water partition coefficient (Wildman–Crippen LogP) is 2.30. The summed E-state index contributed by atoms with van der Waals surface area (Å²) >= 11 is 0. The van der Waals surface area contributed by atoms with Crippen LogP contribution in [0.5, 0.6) is 0 Å². The van der Waals surface area contributed by atoms with Crippen LogP contribution in [0.25, 0.3) is 0 Å². The minimum atomic E-state index is -4.53. The molecule has 0 aliphatic carbocycles. The molecule has 0 saturated carbocycles. The minimum absolute atomic E-state index is 0.211. The van der Waals surface area contributed by atoms with E-state index in [1.807, 2.05) is 6.92 Å². The van der Waals surface area contributed by atoms with Crippen LogP contribution in [-0.4, -0.2) is 25.5 Å². The molecule has 2 heterocycles. The quantitative estimate of drug-likeness (QED) is 0.915. The van der Waals surface area contributed by atoms with Crippen LogP contribution in [0.4, 0.5) is 13.2 Å². The Morgan fingerprint density at radius 2 is 2.09 bits per heavy atom. The second kappa shape index (κ2) is 6.43. The third-order valence-corrected chi connectivity index (χ3v) is 3.42. The molecule has 0 fully saturated rings. The summed E-state index contributed by atoms with van der Waals surface area (Å²) in [5.41, 5.74) is -0.0489. The van der Waals surface area contributed by atoms with E-state index in [1.165, 1.54) is 13.8 Å². The number of hydrogen-bond donors (Lipinski definition) is 1. The fraction of sp³-hybridized carbons (Fsp3) is 0.500. The Morgan fingerprint density at radius 3 is 2.61 bits per heavy atom. The molecule has 2 rings (SSSR count). The first-order chi connectivity index (χ1) is 10.7. The van der Waals surface area contributed by atoms with Crippen molar-refractivity contribution in [3.05, 3.63) is 35.4 Å². The van der Waals surface area contributed by atoms with Gasteiger partial charge >= 0.3 is 6.18 Å². The largest absolute Gasteiger partial charge is 0.435 e. The lowest BCUT2D eigenvalue weighted by atomic mass is 10.3. The van der Waals surface area contributed by atoms with E-state index in [9.17, 15) is 18.0 Å². The van der Waals surface area contributed by atoms with Crippen molar-refractivity contribution in [2.45, 2.75) is 46.1 Å². The molecule has 23 heavy (non-hydrogen) atoms. The fourth-order valence-electron chi connectivity index (χ4n) is 2.13. The summed E-state index contributed by atoms with van der Waals surface area (Å²) in [5.74, 6) is -0.420. The van der Waals surface area contributed by atoms with Gasteiger partial charge in [0.25, 0.3) is 0 Å². The smallest absolute Gasteiger partial charge is 0.349 e. The second-order valence-corrected chi connectivity index (χ2v) is 5.17. The highest BCUT2D eigenvalue weighted by Gasteiger charge is 2.35. The molecule has 1 atom stereocenters. The van der Waals surface area contributed by atoms with Crippen LogP contribution in [0, 0.1) is 6.92 Å². The maximum absolute atomic E-state index is 12.7. The van der Waals surface area contributed by atoms with E-state index in [0.717, 1.165) is 17.3 Å². The second-order valence-electron chi connectivity index (χ2n) is 5.17. The number of carbonyl (C=O) groups excluding carboxylic acids is 1. The molecule has 0 bridgehead atoms. The van der Waals surface area contributed by atoms with Crippen LogP contribution in [0.3, 0.4) is 0 Å². The van der Waals surface area contributed by atoms with E-state index in [-0.39, 0.29) is 12.2 Å². The van der Waals surface area contributed by atoms with Crippen molar-refractivity contribution >= 4 is 5.91 Å². The van der Waals surface area contributed by atoms with E-state index in [2.05, 4.69) is 15.5 Å². The standard InChI is InChI=1S/C14H18F3N5O/c1-4-21-6-5-11(19-21)8-18-13(23)10(3)22-9(2)7-12(20-22)14(15,16)17/h5-7,10H,4,8H2,1-3H3,(H,18,23). The number of aryl methyl sites for hydroxylation is 2. The number of nitrogens with one attached hydrogen (secondary N) is 1. The number of carbonyl (C=O) groups is 1. The van der Waals surface area contributed by atoms with Crippen molar-refractivity contribution in [2.75, 3.05) is 0 Å². The van der Waals surface area contributed by atoms with Crippen LogP contribution in [-0.2, 0) is 24.1 Å². The number of nitrogens with zero attached hydrogens (tertiary/aromatic N) is 4. The summed E-state index contributed by atoms with van der Waals surface area (Å²) in [7, 11) is 0. The minimum Gasteiger partial charge on any atom is -0.349 e. The van der Waals surface area contributed by atoms with Gasteiger partial charge in [0.1, 0.15) is 6.04 Å². The molecule has 9 heteroatoms. The topological polar surface area (TPSA) is 64.7 Å². The summed E-state index contributed by atoms with van der Waals surface area (Å²) in [6.07, 6.45) is -2.74. The first-order valence-electron chi connectivity index (χ1n) is 7.15. The molecular formula is C14H18F3N5O. The summed E-state index contributed by atoms with van der Waals surface area (Å²) in [5, 5.41) is 10.4. The summed E-state index contributed by atoms with van der Waals surface area (Å²) < 4.78 is 40.8. The monoisotopic (exact) mass is 329 g/mol. The summed E-state index contributed by atoms with van der Waals surface area (Å²) in [6, 6.07) is 1.85. The van der Waals surface area contributed by atoms with Crippen molar-refractivity contribution in [2.24, 2.45) is 0 Å². The Labute approximate surface area is 131 Å². The molecule has 0 radical (unpaired) electrons. The number of hydrogen-bond acceptors (Lipinski definition) is 3. The summed E-state index contributed by atoms with van der Waals surface area (Å²) in [4.78, 5) is 12.1. The van der Waals surface area contributed by atoms with Crippen LogP contribution >= 0.6 is 0 Å². The Kier molecular flexibility index (Phi) is 4.76. The average Bonchev–Trinajstić information content (AvgIpc) is 3.09. The Bertz CT molecular complexity index is 689. The van der Waals surface area contributed by atoms with E-state index < -0.39 is 23.8 Å². The van der Waals surface area contributed by atoms with Gasteiger partial charge in [0.05, 0.1) is 12.2 Å². The lowest BCUT2D eigenvalue weighted by molar-refractivity contribution is -0.142. The SMILES string of the molecule is CCn1ccc(CNC(=O)C(C)n2nc(C(F)(F)F)cc2C)n1. The maximum atomic E-state index is 12.7. The zero-order chi connectivity index (χ0) is 17.2. The van der Waals surface area contributed by atoms with Gasteiger partial charge in [-0.25, -0.2) is 0 Å². The van der Waals surface area contributed by atoms with Gasteiger partial charge in [-0.3, -0.25) is 14.2 Å². The number of aromatic nitrogens is 4. The highest BCUT2D eigenvalue weighted by molar-refractivity contribution is 5.79. The first kappa shape index (κ1) is 17.0. The third kappa shape index (κ3) is 3.91. The Morgan fingerprint density at radius 1 is 1.39 bits per heavy atom. The highest BCUT2D eigenvalue weighted by atomic mass is 19.4. The first-order valence-corrected chi connectivity index (χ1v) is 7.15. The van der Waals surface area contributed by atoms with E-state index in [0.29, 0.717) is 5.69 Å².